The molecule has 1 heterocycles. The summed E-state index contributed by atoms with van der Waals surface area (Å²) < 4.78 is 7.57. The minimum Gasteiger partial charge on any atom is -0.380 e. The Morgan fingerprint density at radius 2 is 1.95 bits per heavy atom. The van der Waals surface area contributed by atoms with E-state index in [2.05, 4.69) is 37.7 Å². The lowest BCUT2D eigenvalue weighted by atomic mass is 10.1. The second-order valence-corrected chi connectivity index (χ2v) is 5.03. The summed E-state index contributed by atoms with van der Waals surface area (Å²) in [5, 5.41) is 8.25. The van der Waals surface area contributed by atoms with Gasteiger partial charge in [-0.3, -0.25) is 4.68 Å². The molecule has 110 valence electrons. The van der Waals surface area contributed by atoms with Gasteiger partial charge in [0, 0.05) is 30.5 Å². The Kier molecular flexibility index (Phi) is 7.10. The Labute approximate surface area is 117 Å². The summed E-state index contributed by atoms with van der Waals surface area (Å²) in [7, 11) is 0. The predicted molar refractivity (Wildman–Crippen MR) is 79.5 cm³/mol. The van der Waals surface area contributed by atoms with Gasteiger partial charge in [0.15, 0.2) is 0 Å². The molecule has 4 nitrogen and oxygen atoms in total. The van der Waals surface area contributed by atoms with Gasteiger partial charge in [-0.2, -0.15) is 5.10 Å². The molecule has 0 aliphatic carbocycles. The first kappa shape index (κ1) is 16.2. The van der Waals surface area contributed by atoms with Crippen LogP contribution in [0.3, 0.4) is 0 Å². The molecule has 4 heteroatoms. The van der Waals surface area contributed by atoms with Crippen LogP contribution < -0.4 is 5.32 Å². The van der Waals surface area contributed by atoms with E-state index in [4.69, 9.17) is 9.84 Å². The first-order valence-corrected chi connectivity index (χ1v) is 7.52. The maximum Gasteiger partial charge on any atom is 0.0669 e. The van der Waals surface area contributed by atoms with Crippen molar-refractivity contribution in [3.8, 4) is 0 Å². The average Bonchev–Trinajstić information content (AvgIpc) is 2.73. The van der Waals surface area contributed by atoms with Crippen molar-refractivity contribution in [3.05, 3.63) is 17.0 Å². The fourth-order valence-electron chi connectivity index (χ4n) is 2.26. The average molecular weight is 267 g/mol. The molecule has 1 aromatic heterocycles. The van der Waals surface area contributed by atoms with Crippen LogP contribution in [-0.2, 0) is 30.7 Å². The number of nitrogens with zero attached hydrogens (tertiary/aromatic N) is 2. The minimum absolute atomic E-state index is 0.501. The molecule has 0 radical (unpaired) electrons. The summed E-state index contributed by atoms with van der Waals surface area (Å²) in [6, 6.07) is 0.501. The zero-order valence-electron chi connectivity index (χ0n) is 13.1. The third-order valence-electron chi connectivity index (χ3n) is 3.26. The van der Waals surface area contributed by atoms with E-state index in [1.165, 1.54) is 17.0 Å². The fourth-order valence-corrected chi connectivity index (χ4v) is 2.26. The molecule has 0 bridgehead atoms. The van der Waals surface area contributed by atoms with Gasteiger partial charge >= 0.3 is 0 Å². The smallest absolute Gasteiger partial charge is 0.0669 e. The molecule has 0 fully saturated rings. The van der Waals surface area contributed by atoms with Crippen LogP contribution in [0.15, 0.2) is 0 Å². The van der Waals surface area contributed by atoms with Crippen LogP contribution in [0.1, 0.15) is 51.6 Å². The topological polar surface area (TPSA) is 39.1 Å². The number of rotatable bonds is 9. The van der Waals surface area contributed by atoms with Crippen molar-refractivity contribution in [2.45, 2.75) is 66.6 Å². The molecular weight excluding hydrogens is 238 g/mol. The van der Waals surface area contributed by atoms with Crippen molar-refractivity contribution >= 4 is 0 Å². The zero-order chi connectivity index (χ0) is 14.3. The second-order valence-electron chi connectivity index (χ2n) is 5.03. The number of hydrogen-bond acceptors (Lipinski definition) is 3. The lowest BCUT2D eigenvalue weighted by Crippen LogP contribution is -2.23. The molecule has 0 aliphatic heterocycles. The lowest BCUT2D eigenvalue weighted by Gasteiger charge is -2.11. The Balaban J connectivity index is 2.86. The summed E-state index contributed by atoms with van der Waals surface area (Å²) in [6.45, 7) is 14.0. The number of aromatic nitrogens is 2. The second kappa shape index (κ2) is 8.33. The molecule has 1 aromatic rings. The van der Waals surface area contributed by atoms with Crippen LogP contribution in [0.5, 0.6) is 0 Å². The van der Waals surface area contributed by atoms with E-state index in [0.29, 0.717) is 6.04 Å². The third kappa shape index (κ3) is 4.62. The maximum atomic E-state index is 5.44. The number of aryl methyl sites for hydroxylation is 1. The zero-order valence-corrected chi connectivity index (χ0v) is 13.1. The summed E-state index contributed by atoms with van der Waals surface area (Å²) in [6.07, 6.45) is 2.01. The van der Waals surface area contributed by atoms with Gasteiger partial charge in [0.05, 0.1) is 18.8 Å². The normalized spacial score (nSPS) is 11.5. The minimum atomic E-state index is 0.501. The van der Waals surface area contributed by atoms with Crippen LogP contribution >= 0.6 is 0 Å². The molecule has 0 saturated heterocycles. The molecule has 0 aromatic carbocycles. The van der Waals surface area contributed by atoms with Gasteiger partial charge in [0.1, 0.15) is 0 Å². The quantitative estimate of drug-likeness (QED) is 0.699. The number of hydrogen-bond donors (Lipinski definition) is 1. The Bertz CT molecular complexity index is 372. The first-order chi connectivity index (χ1) is 9.13. The van der Waals surface area contributed by atoms with E-state index in [9.17, 15) is 0 Å². The highest BCUT2D eigenvalue weighted by molar-refractivity contribution is 5.26. The van der Waals surface area contributed by atoms with Gasteiger partial charge < -0.3 is 10.1 Å². The maximum absolute atomic E-state index is 5.44. The predicted octanol–water partition coefficient (Wildman–Crippen LogP) is 2.54. The van der Waals surface area contributed by atoms with Crippen LogP contribution in [0.25, 0.3) is 0 Å². The van der Waals surface area contributed by atoms with Crippen molar-refractivity contribution in [2.24, 2.45) is 0 Å². The van der Waals surface area contributed by atoms with Gasteiger partial charge in [-0.1, -0.05) is 27.7 Å². The summed E-state index contributed by atoms with van der Waals surface area (Å²) >= 11 is 0. The van der Waals surface area contributed by atoms with Crippen LogP contribution in [0, 0.1) is 0 Å². The molecular formula is C15H29N3O. The van der Waals surface area contributed by atoms with Gasteiger partial charge in [0.25, 0.3) is 0 Å². The largest absolute Gasteiger partial charge is 0.380 e. The standard InChI is InChI=1S/C15H29N3O/c1-6-14-13(11-16-12(4)5)15(7-2)18(17-14)9-10-19-8-3/h12,16H,6-11H2,1-5H3. The molecule has 0 unspecified atom stereocenters. The third-order valence-corrected chi connectivity index (χ3v) is 3.26. The van der Waals surface area contributed by atoms with Crippen LogP contribution in [0.2, 0.25) is 0 Å². The Morgan fingerprint density at radius 3 is 2.47 bits per heavy atom. The van der Waals surface area contributed by atoms with E-state index < -0.39 is 0 Å². The van der Waals surface area contributed by atoms with Gasteiger partial charge in [-0.05, 0) is 19.8 Å². The highest BCUT2D eigenvalue weighted by Gasteiger charge is 2.15. The highest BCUT2D eigenvalue weighted by atomic mass is 16.5. The van der Waals surface area contributed by atoms with Crippen molar-refractivity contribution in [3.63, 3.8) is 0 Å². The van der Waals surface area contributed by atoms with E-state index in [-0.39, 0.29) is 0 Å². The summed E-state index contributed by atoms with van der Waals surface area (Å²) in [5.74, 6) is 0. The van der Waals surface area contributed by atoms with Gasteiger partial charge in [0.2, 0.25) is 0 Å². The van der Waals surface area contributed by atoms with E-state index in [1.807, 2.05) is 6.92 Å². The molecule has 0 saturated carbocycles. The molecule has 1 N–H and O–H groups in total. The Hall–Kier alpha value is -0.870. The lowest BCUT2D eigenvalue weighted by molar-refractivity contribution is 0.135. The van der Waals surface area contributed by atoms with Crippen molar-refractivity contribution in [2.75, 3.05) is 13.2 Å². The number of nitrogens with one attached hydrogen (secondary N) is 1. The van der Waals surface area contributed by atoms with Crippen molar-refractivity contribution in [1.29, 1.82) is 0 Å². The SMILES string of the molecule is CCOCCn1nc(CC)c(CNC(C)C)c1CC. The van der Waals surface area contributed by atoms with Crippen molar-refractivity contribution < 1.29 is 4.74 Å². The van der Waals surface area contributed by atoms with E-state index in [0.717, 1.165) is 39.1 Å². The molecule has 0 aliphatic rings. The van der Waals surface area contributed by atoms with E-state index in [1.54, 1.807) is 0 Å². The molecule has 1 rings (SSSR count). The molecule has 19 heavy (non-hydrogen) atoms. The van der Waals surface area contributed by atoms with Gasteiger partial charge in [-0.15, -0.1) is 0 Å². The molecule has 0 atom stereocenters. The monoisotopic (exact) mass is 267 g/mol. The van der Waals surface area contributed by atoms with Crippen molar-refractivity contribution in [1.82, 2.24) is 15.1 Å². The summed E-state index contributed by atoms with van der Waals surface area (Å²) in [5.41, 5.74) is 3.96. The highest BCUT2D eigenvalue weighted by Crippen LogP contribution is 2.16. The van der Waals surface area contributed by atoms with Gasteiger partial charge in [-0.25, -0.2) is 0 Å². The van der Waals surface area contributed by atoms with Crippen LogP contribution in [-0.4, -0.2) is 29.0 Å². The fraction of sp³-hybridized carbons (Fsp3) is 0.800. The summed E-state index contributed by atoms with van der Waals surface area (Å²) in [4.78, 5) is 0. The first-order valence-electron chi connectivity index (χ1n) is 7.52. The van der Waals surface area contributed by atoms with Crippen LogP contribution in [0.4, 0.5) is 0 Å². The number of ether oxygens (including phenoxy) is 1. The molecule has 0 spiro atoms. The van der Waals surface area contributed by atoms with E-state index >= 15 is 0 Å². The molecule has 0 amide bonds. The Morgan fingerprint density at radius 1 is 1.21 bits per heavy atom.